The smallest absolute Gasteiger partial charge is 0.306 e. The molecule has 1 fully saturated rings. The Morgan fingerprint density at radius 3 is 2.74 bits per heavy atom. The molecule has 0 amide bonds. The lowest BCUT2D eigenvalue weighted by Crippen LogP contribution is -2.44. The van der Waals surface area contributed by atoms with E-state index in [4.69, 9.17) is 0 Å². The Bertz CT molecular complexity index is 371. The average Bonchev–Trinajstić information content (AvgIpc) is 2.86. The van der Waals surface area contributed by atoms with E-state index >= 15 is 0 Å². The second kappa shape index (κ2) is 8.70. The molecule has 0 aromatic rings. The van der Waals surface area contributed by atoms with Crippen LogP contribution in [0.5, 0.6) is 0 Å². The molecule has 1 aliphatic heterocycles. The van der Waals surface area contributed by atoms with Gasteiger partial charge in [-0.1, -0.05) is 0 Å². The van der Waals surface area contributed by atoms with E-state index in [-0.39, 0.29) is 31.4 Å². The number of halogens is 1. The summed E-state index contributed by atoms with van der Waals surface area (Å²) in [5.41, 5.74) is 0. The Morgan fingerprint density at radius 2 is 2.21 bits per heavy atom. The van der Waals surface area contributed by atoms with Gasteiger partial charge in [0, 0.05) is 26.2 Å². The summed E-state index contributed by atoms with van der Waals surface area (Å²) in [4.78, 5) is 10.9. The molecule has 0 radical (unpaired) electrons. The molecule has 0 bridgehead atoms. The topological polar surface area (TPSA) is 87.7 Å². The van der Waals surface area contributed by atoms with Crippen LogP contribution in [0.25, 0.3) is 0 Å². The summed E-state index contributed by atoms with van der Waals surface area (Å²) in [5, 5.41) is 3.21. The van der Waals surface area contributed by atoms with Gasteiger partial charge in [-0.15, -0.1) is 12.4 Å². The standard InChI is InChI=1S/C10H21N3O4S.ClH/c1-13(7-5-10(14)17-2)18(15,16)12-8-9-4-3-6-11-9;/h9,11-12H,3-8H2,1-2H3;1H. The van der Waals surface area contributed by atoms with Gasteiger partial charge in [0.2, 0.25) is 0 Å². The van der Waals surface area contributed by atoms with Crippen molar-refractivity contribution in [2.45, 2.75) is 25.3 Å². The molecule has 19 heavy (non-hydrogen) atoms. The van der Waals surface area contributed by atoms with Crippen LogP contribution in [-0.4, -0.2) is 58.5 Å². The maximum atomic E-state index is 11.8. The van der Waals surface area contributed by atoms with Gasteiger partial charge in [-0.05, 0) is 19.4 Å². The lowest BCUT2D eigenvalue weighted by Gasteiger charge is -2.19. The molecule has 0 aromatic heterocycles. The van der Waals surface area contributed by atoms with Gasteiger partial charge in [-0.25, -0.2) is 4.72 Å². The van der Waals surface area contributed by atoms with Crippen LogP contribution in [0.2, 0.25) is 0 Å². The highest BCUT2D eigenvalue weighted by atomic mass is 35.5. The minimum atomic E-state index is -3.52. The van der Waals surface area contributed by atoms with Crippen molar-refractivity contribution < 1.29 is 17.9 Å². The number of ether oxygens (including phenoxy) is 1. The molecule has 1 heterocycles. The maximum absolute atomic E-state index is 11.8. The lowest BCUT2D eigenvalue weighted by molar-refractivity contribution is -0.140. The average molecular weight is 316 g/mol. The van der Waals surface area contributed by atoms with E-state index in [1.807, 2.05) is 0 Å². The zero-order valence-electron chi connectivity index (χ0n) is 11.2. The molecule has 2 N–H and O–H groups in total. The molecule has 0 aliphatic carbocycles. The fraction of sp³-hybridized carbons (Fsp3) is 0.900. The summed E-state index contributed by atoms with van der Waals surface area (Å²) >= 11 is 0. The molecule has 0 saturated carbocycles. The van der Waals surface area contributed by atoms with E-state index < -0.39 is 16.2 Å². The Hall–Kier alpha value is -0.410. The second-order valence-corrected chi connectivity index (χ2v) is 6.16. The van der Waals surface area contributed by atoms with Gasteiger partial charge in [0.1, 0.15) is 0 Å². The fourth-order valence-corrected chi connectivity index (χ4v) is 2.68. The number of nitrogens with one attached hydrogen (secondary N) is 2. The second-order valence-electron chi connectivity index (χ2n) is 4.29. The Labute approximate surface area is 120 Å². The predicted octanol–water partition coefficient (Wildman–Crippen LogP) is -0.510. The first-order chi connectivity index (χ1) is 8.45. The molecule has 1 unspecified atom stereocenters. The summed E-state index contributed by atoms with van der Waals surface area (Å²) in [6.45, 7) is 1.43. The van der Waals surface area contributed by atoms with Crippen molar-refractivity contribution in [2.75, 3.05) is 33.8 Å². The van der Waals surface area contributed by atoms with Crippen molar-refractivity contribution in [1.82, 2.24) is 14.3 Å². The molecular weight excluding hydrogens is 294 g/mol. The van der Waals surface area contributed by atoms with E-state index in [1.165, 1.54) is 14.2 Å². The highest BCUT2D eigenvalue weighted by Crippen LogP contribution is 2.04. The number of methoxy groups -OCH3 is 1. The van der Waals surface area contributed by atoms with Gasteiger partial charge < -0.3 is 10.1 Å². The number of hydrogen-bond donors (Lipinski definition) is 2. The molecule has 1 rings (SSSR count). The van der Waals surface area contributed by atoms with Gasteiger partial charge in [0.05, 0.1) is 13.5 Å². The Morgan fingerprint density at radius 1 is 1.53 bits per heavy atom. The monoisotopic (exact) mass is 315 g/mol. The molecule has 9 heteroatoms. The fourth-order valence-electron chi connectivity index (χ4n) is 1.72. The number of hydrogen-bond acceptors (Lipinski definition) is 5. The van der Waals surface area contributed by atoms with Crippen LogP contribution in [0, 0.1) is 0 Å². The summed E-state index contributed by atoms with van der Waals surface area (Å²) in [5.74, 6) is -0.422. The first kappa shape index (κ1) is 18.6. The highest BCUT2D eigenvalue weighted by Gasteiger charge is 2.21. The maximum Gasteiger partial charge on any atom is 0.306 e. The van der Waals surface area contributed by atoms with Crippen LogP contribution in [0.1, 0.15) is 19.3 Å². The number of rotatable bonds is 7. The van der Waals surface area contributed by atoms with Crippen LogP contribution in [-0.2, 0) is 19.7 Å². The minimum Gasteiger partial charge on any atom is -0.469 e. The first-order valence-electron chi connectivity index (χ1n) is 5.97. The molecule has 0 spiro atoms. The molecule has 1 atom stereocenters. The summed E-state index contributed by atoms with van der Waals surface area (Å²) in [6.07, 6.45) is 2.11. The Kier molecular flexibility index (Phi) is 8.51. The number of carbonyl (C=O) groups excluding carboxylic acids is 1. The van der Waals surface area contributed by atoms with Crippen LogP contribution in [0.4, 0.5) is 0 Å². The van der Waals surface area contributed by atoms with Crippen molar-refractivity contribution in [1.29, 1.82) is 0 Å². The van der Waals surface area contributed by atoms with Gasteiger partial charge in [-0.2, -0.15) is 12.7 Å². The normalized spacial score (nSPS) is 19.2. The third-order valence-electron chi connectivity index (χ3n) is 2.94. The van der Waals surface area contributed by atoms with E-state index in [1.54, 1.807) is 0 Å². The third-order valence-corrected chi connectivity index (χ3v) is 4.48. The Balaban J connectivity index is 0.00000324. The van der Waals surface area contributed by atoms with Crippen molar-refractivity contribution in [2.24, 2.45) is 0 Å². The molecule has 1 saturated heterocycles. The van der Waals surface area contributed by atoms with Gasteiger partial charge >= 0.3 is 5.97 Å². The SMILES string of the molecule is COC(=O)CCN(C)S(=O)(=O)NCC1CCCN1.Cl. The molecular formula is C10H22ClN3O4S. The van der Waals surface area contributed by atoms with E-state index in [0.717, 1.165) is 23.7 Å². The first-order valence-corrected chi connectivity index (χ1v) is 7.41. The minimum absolute atomic E-state index is 0. The largest absolute Gasteiger partial charge is 0.469 e. The predicted molar refractivity (Wildman–Crippen MR) is 74.5 cm³/mol. The van der Waals surface area contributed by atoms with Crippen molar-refractivity contribution in [3.05, 3.63) is 0 Å². The summed E-state index contributed by atoms with van der Waals surface area (Å²) < 4.78 is 31.8. The van der Waals surface area contributed by atoms with Crippen molar-refractivity contribution in [3.63, 3.8) is 0 Å². The van der Waals surface area contributed by atoms with E-state index in [0.29, 0.717) is 6.54 Å². The van der Waals surface area contributed by atoms with Crippen molar-refractivity contribution >= 4 is 28.6 Å². The molecule has 0 aromatic carbocycles. The molecule has 114 valence electrons. The number of nitrogens with zero attached hydrogens (tertiary/aromatic N) is 1. The van der Waals surface area contributed by atoms with Gasteiger partial charge in [-0.3, -0.25) is 4.79 Å². The zero-order valence-corrected chi connectivity index (χ0v) is 12.8. The summed E-state index contributed by atoms with van der Waals surface area (Å²) in [6, 6.07) is 0.203. The van der Waals surface area contributed by atoms with Crippen LogP contribution in [0.15, 0.2) is 0 Å². The molecule has 7 nitrogen and oxygen atoms in total. The summed E-state index contributed by atoms with van der Waals surface area (Å²) in [7, 11) is -0.800. The van der Waals surface area contributed by atoms with Crippen LogP contribution >= 0.6 is 12.4 Å². The van der Waals surface area contributed by atoms with Gasteiger partial charge in [0.15, 0.2) is 0 Å². The number of esters is 1. The van der Waals surface area contributed by atoms with E-state index in [9.17, 15) is 13.2 Å². The zero-order chi connectivity index (χ0) is 13.6. The lowest BCUT2D eigenvalue weighted by atomic mass is 10.2. The molecule has 1 aliphatic rings. The quantitative estimate of drug-likeness (QED) is 0.618. The third kappa shape index (κ3) is 6.53. The van der Waals surface area contributed by atoms with Crippen LogP contribution in [0.3, 0.4) is 0 Å². The van der Waals surface area contributed by atoms with Crippen molar-refractivity contribution in [3.8, 4) is 0 Å². The van der Waals surface area contributed by atoms with Crippen LogP contribution < -0.4 is 10.0 Å². The number of carbonyl (C=O) groups is 1. The van der Waals surface area contributed by atoms with E-state index in [2.05, 4.69) is 14.8 Å². The van der Waals surface area contributed by atoms with Gasteiger partial charge in [0.25, 0.3) is 10.2 Å². The highest BCUT2D eigenvalue weighted by molar-refractivity contribution is 7.87.